The van der Waals surface area contributed by atoms with Crippen LogP contribution in [0.1, 0.15) is 35.4 Å². The monoisotopic (exact) mass is 420 g/mol. The van der Waals surface area contributed by atoms with Crippen LogP contribution in [0.25, 0.3) is 11.3 Å². The lowest BCUT2D eigenvalue weighted by atomic mass is 10.0. The van der Waals surface area contributed by atoms with Crippen LogP contribution in [-0.4, -0.2) is 46.6 Å². The van der Waals surface area contributed by atoms with E-state index in [0.717, 1.165) is 18.5 Å². The largest absolute Gasteiger partial charge is 0.496 e. The molecule has 2 amide bonds. The number of amides is 2. The van der Waals surface area contributed by atoms with Crippen LogP contribution in [0.15, 0.2) is 59.3 Å². The number of rotatable bonds is 6. The van der Waals surface area contributed by atoms with Crippen LogP contribution in [0.5, 0.6) is 5.75 Å². The number of methoxy groups -OCH3 is 1. The third-order valence-corrected chi connectivity index (χ3v) is 5.34. The van der Waals surface area contributed by atoms with Crippen molar-refractivity contribution in [3.8, 4) is 17.1 Å². The topological polar surface area (TPSA) is 97.6 Å². The van der Waals surface area contributed by atoms with Gasteiger partial charge in [0.05, 0.1) is 24.9 Å². The third kappa shape index (κ3) is 4.58. The number of para-hydroxylation sites is 1. The van der Waals surface area contributed by atoms with Crippen LogP contribution in [0, 0.1) is 0 Å². The van der Waals surface area contributed by atoms with Crippen molar-refractivity contribution in [2.75, 3.05) is 13.7 Å². The molecule has 1 aromatic carbocycles. The lowest BCUT2D eigenvalue weighted by Gasteiger charge is -2.34. The van der Waals surface area contributed by atoms with Gasteiger partial charge < -0.3 is 19.5 Å². The summed E-state index contributed by atoms with van der Waals surface area (Å²) in [7, 11) is 1.57. The number of nitrogens with one attached hydrogen (secondary N) is 1. The molecule has 0 radical (unpaired) electrons. The molecular formula is C23H24N4O4. The van der Waals surface area contributed by atoms with Gasteiger partial charge in [-0.15, -0.1) is 0 Å². The van der Waals surface area contributed by atoms with E-state index in [0.29, 0.717) is 36.6 Å². The van der Waals surface area contributed by atoms with Crippen LogP contribution in [-0.2, 0) is 11.3 Å². The van der Waals surface area contributed by atoms with Crippen molar-refractivity contribution >= 4 is 11.8 Å². The van der Waals surface area contributed by atoms with E-state index >= 15 is 0 Å². The molecule has 1 N–H and O–H groups in total. The van der Waals surface area contributed by atoms with E-state index in [-0.39, 0.29) is 17.5 Å². The summed E-state index contributed by atoms with van der Waals surface area (Å²) in [4.78, 5) is 31.8. The number of hydrogen-bond donors (Lipinski definition) is 1. The number of hydrogen-bond acceptors (Lipinski definition) is 6. The number of ether oxygens (including phenoxy) is 1. The van der Waals surface area contributed by atoms with E-state index < -0.39 is 6.04 Å². The minimum Gasteiger partial charge on any atom is -0.496 e. The Balaban J connectivity index is 1.48. The minimum atomic E-state index is -0.545. The Morgan fingerprint density at radius 2 is 2.03 bits per heavy atom. The van der Waals surface area contributed by atoms with Gasteiger partial charge in [-0.1, -0.05) is 23.4 Å². The van der Waals surface area contributed by atoms with Crippen molar-refractivity contribution in [3.63, 3.8) is 0 Å². The second-order valence-electron chi connectivity index (χ2n) is 7.33. The Bertz CT molecular complexity index is 1050. The summed E-state index contributed by atoms with van der Waals surface area (Å²) in [6, 6.07) is 13.9. The second-order valence-corrected chi connectivity index (χ2v) is 7.33. The van der Waals surface area contributed by atoms with Crippen molar-refractivity contribution in [2.24, 2.45) is 0 Å². The van der Waals surface area contributed by atoms with Gasteiger partial charge in [-0.05, 0) is 43.5 Å². The summed E-state index contributed by atoms with van der Waals surface area (Å²) < 4.78 is 10.8. The van der Waals surface area contributed by atoms with E-state index in [1.807, 2.05) is 42.5 Å². The number of carbonyl (C=O) groups is 2. The van der Waals surface area contributed by atoms with Gasteiger partial charge in [0.25, 0.3) is 5.91 Å². The lowest BCUT2D eigenvalue weighted by molar-refractivity contribution is -0.126. The SMILES string of the molecule is COc1ccccc1-c1cc(C(=O)N2CCCCC2C(=O)NCc2ccccn2)no1. The van der Waals surface area contributed by atoms with E-state index in [4.69, 9.17) is 9.26 Å². The first-order valence-corrected chi connectivity index (χ1v) is 10.3. The van der Waals surface area contributed by atoms with Gasteiger partial charge in [-0.3, -0.25) is 14.6 Å². The summed E-state index contributed by atoms with van der Waals surface area (Å²) >= 11 is 0. The Labute approximate surface area is 180 Å². The fourth-order valence-corrected chi connectivity index (χ4v) is 3.74. The number of nitrogens with zero attached hydrogens (tertiary/aromatic N) is 3. The van der Waals surface area contributed by atoms with Crippen LogP contribution < -0.4 is 10.1 Å². The Morgan fingerprint density at radius 1 is 1.19 bits per heavy atom. The molecule has 160 valence electrons. The molecule has 1 atom stereocenters. The zero-order chi connectivity index (χ0) is 21.6. The van der Waals surface area contributed by atoms with Crippen molar-refractivity contribution in [3.05, 3.63) is 66.1 Å². The van der Waals surface area contributed by atoms with Crippen LogP contribution in [0.4, 0.5) is 0 Å². The van der Waals surface area contributed by atoms with E-state index in [1.165, 1.54) is 0 Å². The van der Waals surface area contributed by atoms with Crippen LogP contribution >= 0.6 is 0 Å². The van der Waals surface area contributed by atoms with Gasteiger partial charge in [0.1, 0.15) is 11.8 Å². The first-order chi connectivity index (χ1) is 15.2. The molecule has 8 nitrogen and oxygen atoms in total. The molecule has 0 bridgehead atoms. The lowest BCUT2D eigenvalue weighted by Crippen LogP contribution is -2.51. The van der Waals surface area contributed by atoms with Gasteiger partial charge in [-0.25, -0.2) is 0 Å². The molecule has 1 aliphatic rings. The fraction of sp³-hybridized carbons (Fsp3) is 0.304. The van der Waals surface area contributed by atoms with E-state index in [2.05, 4.69) is 15.5 Å². The predicted octanol–water partition coefficient (Wildman–Crippen LogP) is 3.06. The Kier molecular flexibility index (Phi) is 6.26. The van der Waals surface area contributed by atoms with Crippen LogP contribution in [0.2, 0.25) is 0 Å². The first-order valence-electron chi connectivity index (χ1n) is 10.3. The number of aromatic nitrogens is 2. The number of pyridine rings is 1. The number of likely N-dealkylation sites (tertiary alicyclic amines) is 1. The highest BCUT2D eigenvalue weighted by molar-refractivity contribution is 5.97. The molecular weight excluding hydrogens is 396 g/mol. The molecule has 1 unspecified atom stereocenters. The van der Waals surface area contributed by atoms with Gasteiger partial charge >= 0.3 is 0 Å². The zero-order valence-corrected chi connectivity index (χ0v) is 17.3. The Hall–Kier alpha value is -3.68. The first kappa shape index (κ1) is 20.6. The number of benzene rings is 1. The summed E-state index contributed by atoms with van der Waals surface area (Å²) in [5, 5.41) is 6.86. The van der Waals surface area contributed by atoms with E-state index in [1.54, 1.807) is 24.3 Å². The molecule has 4 rings (SSSR count). The molecule has 0 saturated carbocycles. The average molecular weight is 420 g/mol. The molecule has 0 aliphatic carbocycles. The van der Waals surface area contributed by atoms with Crippen molar-refractivity contribution in [2.45, 2.75) is 31.8 Å². The zero-order valence-electron chi connectivity index (χ0n) is 17.3. The standard InChI is InChI=1S/C23H24N4O4/c1-30-20-11-3-2-9-17(20)21-14-18(26-31-21)23(29)27-13-7-5-10-19(27)22(28)25-15-16-8-4-6-12-24-16/h2-4,6,8-9,11-12,14,19H,5,7,10,13,15H2,1H3,(H,25,28). The maximum absolute atomic E-state index is 13.2. The second kappa shape index (κ2) is 9.42. The average Bonchev–Trinajstić information content (AvgIpc) is 3.33. The molecule has 1 aliphatic heterocycles. The quantitative estimate of drug-likeness (QED) is 0.658. The maximum Gasteiger partial charge on any atom is 0.276 e. The van der Waals surface area contributed by atoms with Crippen molar-refractivity contribution < 1.29 is 18.8 Å². The van der Waals surface area contributed by atoms with Crippen molar-refractivity contribution in [1.82, 2.24) is 20.4 Å². The smallest absolute Gasteiger partial charge is 0.276 e. The highest BCUT2D eigenvalue weighted by Crippen LogP contribution is 2.30. The minimum absolute atomic E-state index is 0.172. The molecule has 1 fully saturated rings. The van der Waals surface area contributed by atoms with Gasteiger partial charge in [0, 0.05) is 18.8 Å². The van der Waals surface area contributed by atoms with E-state index in [9.17, 15) is 9.59 Å². The highest BCUT2D eigenvalue weighted by Gasteiger charge is 2.34. The number of carbonyl (C=O) groups excluding carboxylic acids is 2. The molecule has 31 heavy (non-hydrogen) atoms. The summed E-state index contributed by atoms with van der Waals surface area (Å²) in [5.41, 5.74) is 1.65. The highest BCUT2D eigenvalue weighted by atomic mass is 16.5. The maximum atomic E-state index is 13.2. The van der Waals surface area contributed by atoms with Gasteiger partial charge in [0.15, 0.2) is 11.5 Å². The summed E-state index contributed by atoms with van der Waals surface area (Å²) in [5.74, 6) is 0.561. The van der Waals surface area contributed by atoms with Gasteiger partial charge in [0.2, 0.25) is 5.91 Å². The third-order valence-electron chi connectivity index (χ3n) is 5.34. The van der Waals surface area contributed by atoms with Gasteiger partial charge in [-0.2, -0.15) is 0 Å². The Morgan fingerprint density at radius 3 is 2.84 bits per heavy atom. The normalized spacial score (nSPS) is 16.0. The summed E-state index contributed by atoms with van der Waals surface area (Å²) in [6.45, 7) is 0.817. The molecule has 3 aromatic rings. The number of piperidine rings is 1. The van der Waals surface area contributed by atoms with Crippen LogP contribution in [0.3, 0.4) is 0 Å². The van der Waals surface area contributed by atoms with Crippen molar-refractivity contribution in [1.29, 1.82) is 0 Å². The molecule has 0 spiro atoms. The molecule has 3 heterocycles. The molecule has 8 heteroatoms. The fourth-order valence-electron chi connectivity index (χ4n) is 3.74. The molecule has 2 aromatic heterocycles. The predicted molar refractivity (Wildman–Crippen MR) is 113 cm³/mol. The summed E-state index contributed by atoms with van der Waals surface area (Å²) in [6.07, 6.45) is 4.02. The molecule has 1 saturated heterocycles.